The van der Waals surface area contributed by atoms with Crippen molar-refractivity contribution in [2.24, 2.45) is 0 Å². The number of allylic oxidation sites excluding steroid dienone is 12. The van der Waals surface area contributed by atoms with Crippen LogP contribution in [0.1, 0.15) is 155 Å². The molecule has 0 bridgehead atoms. The van der Waals surface area contributed by atoms with Gasteiger partial charge >= 0.3 is 11.9 Å². The predicted octanol–water partition coefficient (Wildman–Crippen LogP) is 9.22. The van der Waals surface area contributed by atoms with E-state index in [0.29, 0.717) is 19.3 Å². The number of carbonyl (C=O) groups excluding carboxylic acids is 2. The first-order chi connectivity index (χ1) is 27.8. The molecule has 2 unspecified atom stereocenters. The zero-order valence-corrected chi connectivity index (χ0v) is 35.3. The van der Waals surface area contributed by atoms with Gasteiger partial charge in [0, 0.05) is 12.8 Å². The topological polar surface area (TPSA) is 152 Å². The molecule has 0 aromatic rings. The molecule has 1 saturated heterocycles. The minimum Gasteiger partial charge on any atom is -0.462 e. The molecule has 1 fully saturated rings. The summed E-state index contributed by atoms with van der Waals surface area (Å²) in [5.74, 6) is -0.883. The van der Waals surface area contributed by atoms with Gasteiger partial charge in [-0.3, -0.25) is 9.59 Å². The lowest BCUT2D eigenvalue weighted by Crippen LogP contribution is -2.59. The summed E-state index contributed by atoms with van der Waals surface area (Å²) in [4.78, 5) is 25.3. The number of carbonyl (C=O) groups is 2. The maximum atomic E-state index is 12.7. The van der Waals surface area contributed by atoms with Gasteiger partial charge in [0.05, 0.1) is 13.2 Å². The molecule has 1 heterocycles. The van der Waals surface area contributed by atoms with Gasteiger partial charge < -0.3 is 39.4 Å². The van der Waals surface area contributed by atoms with Crippen LogP contribution in [0.4, 0.5) is 0 Å². The molecule has 0 aromatic carbocycles. The highest BCUT2D eigenvalue weighted by atomic mass is 16.7. The van der Waals surface area contributed by atoms with E-state index in [1.807, 2.05) is 6.08 Å². The van der Waals surface area contributed by atoms with Crippen molar-refractivity contribution in [3.8, 4) is 0 Å². The molecule has 10 heteroatoms. The first-order valence-electron chi connectivity index (χ1n) is 22.0. The molecule has 10 nitrogen and oxygen atoms in total. The van der Waals surface area contributed by atoms with Crippen LogP contribution < -0.4 is 0 Å². The predicted molar refractivity (Wildman–Crippen MR) is 228 cm³/mol. The fourth-order valence-electron chi connectivity index (χ4n) is 6.09. The number of aliphatic hydroxyl groups excluding tert-OH is 4. The van der Waals surface area contributed by atoms with Gasteiger partial charge in [-0.1, -0.05) is 145 Å². The standard InChI is InChI=1S/C47H78O10/c1-3-5-7-9-11-13-15-17-19-20-22-24-26-28-30-32-34-36-43(50)56-40(39-55-47-46(53)45(52)44(51)41(37-48)57-47)38-54-42(49)35-33-31-29-27-25-23-21-18-16-14-12-10-8-6-4-2/h5,7,10-13,17,19,22,24,28,30,40-41,44-48,51-53H,3-4,6,8-9,14-16,18,20-21,23,25-27,29,31-39H2,1-2H3/b7-5+,12-10+,13-11+,19-17+,24-22+,30-28+/t40-,41-,44+,45?,46?,47-/m1/s1. The number of hydrogen-bond acceptors (Lipinski definition) is 10. The lowest BCUT2D eigenvalue weighted by molar-refractivity contribution is -0.305. The lowest BCUT2D eigenvalue weighted by atomic mass is 9.99. The summed E-state index contributed by atoms with van der Waals surface area (Å²) in [5.41, 5.74) is 0. The van der Waals surface area contributed by atoms with Gasteiger partial charge in [-0.15, -0.1) is 0 Å². The Labute approximate surface area is 344 Å². The molecule has 0 radical (unpaired) electrons. The molecule has 4 N–H and O–H groups in total. The van der Waals surface area contributed by atoms with Crippen LogP contribution in [0, 0.1) is 0 Å². The second-order valence-corrected chi connectivity index (χ2v) is 14.8. The van der Waals surface area contributed by atoms with Crippen molar-refractivity contribution in [2.75, 3.05) is 19.8 Å². The Morgan fingerprint density at radius 3 is 1.63 bits per heavy atom. The third-order valence-electron chi connectivity index (χ3n) is 9.58. The summed E-state index contributed by atoms with van der Waals surface area (Å²) in [6.45, 7) is 3.21. The van der Waals surface area contributed by atoms with Crippen molar-refractivity contribution in [1.82, 2.24) is 0 Å². The van der Waals surface area contributed by atoms with Gasteiger partial charge in [0.15, 0.2) is 12.4 Å². The Kier molecular flexibility index (Phi) is 34.2. The number of unbranched alkanes of at least 4 members (excludes halogenated alkanes) is 12. The fraction of sp³-hybridized carbons (Fsp3) is 0.702. The zero-order valence-electron chi connectivity index (χ0n) is 35.3. The summed E-state index contributed by atoms with van der Waals surface area (Å²) < 4.78 is 22.1. The van der Waals surface area contributed by atoms with Crippen LogP contribution in [0.2, 0.25) is 0 Å². The minimum absolute atomic E-state index is 0.148. The maximum Gasteiger partial charge on any atom is 0.306 e. The largest absolute Gasteiger partial charge is 0.462 e. The van der Waals surface area contributed by atoms with Crippen molar-refractivity contribution >= 4 is 11.9 Å². The smallest absolute Gasteiger partial charge is 0.306 e. The Balaban J connectivity index is 2.39. The highest BCUT2D eigenvalue weighted by Gasteiger charge is 2.44. The molecular weight excluding hydrogens is 725 g/mol. The van der Waals surface area contributed by atoms with Crippen LogP contribution in [-0.2, 0) is 28.5 Å². The summed E-state index contributed by atoms with van der Waals surface area (Å²) in [7, 11) is 0. The van der Waals surface area contributed by atoms with Crippen molar-refractivity contribution in [3.05, 3.63) is 72.9 Å². The highest BCUT2D eigenvalue weighted by molar-refractivity contribution is 5.70. The first kappa shape index (κ1) is 52.2. The van der Waals surface area contributed by atoms with E-state index in [0.717, 1.165) is 51.4 Å². The summed E-state index contributed by atoms with van der Waals surface area (Å²) in [5, 5.41) is 40.0. The van der Waals surface area contributed by atoms with Crippen LogP contribution in [0.5, 0.6) is 0 Å². The van der Waals surface area contributed by atoms with E-state index in [4.69, 9.17) is 18.9 Å². The number of aliphatic hydroxyl groups is 4. The molecule has 0 spiro atoms. The van der Waals surface area contributed by atoms with Gasteiger partial charge in [-0.05, 0) is 70.6 Å². The molecule has 1 aliphatic heterocycles. The minimum atomic E-state index is -1.61. The summed E-state index contributed by atoms with van der Waals surface area (Å²) in [6, 6.07) is 0. The molecule has 1 rings (SSSR count). The average Bonchev–Trinajstić information content (AvgIpc) is 3.21. The Morgan fingerprint density at radius 2 is 1.05 bits per heavy atom. The van der Waals surface area contributed by atoms with Crippen LogP contribution in [0.15, 0.2) is 72.9 Å². The zero-order chi connectivity index (χ0) is 41.6. The SMILES string of the molecule is CC/C=C/C/C=C/C/C=C/C/C=C/C/C=C/CCCC(=O)O[C@H](COC(=O)CCCCCCCCCCC/C=C/CCCC)CO[C@@H]1O[C@H](CO)[C@H](O)C(O)C1O. The van der Waals surface area contributed by atoms with E-state index in [2.05, 4.69) is 80.7 Å². The van der Waals surface area contributed by atoms with Crippen LogP contribution in [0.3, 0.4) is 0 Å². The Bertz CT molecular complexity index is 1160. The molecular formula is C47H78O10. The monoisotopic (exact) mass is 803 g/mol. The molecule has 0 aliphatic carbocycles. The van der Waals surface area contributed by atoms with Crippen molar-refractivity contribution in [2.45, 2.75) is 192 Å². The van der Waals surface area contributed by atoms with Crippen molar-refractivity contribution < 1.29 is 49.0 Å². The van der Waals surface area contributed by atoms with Crippen molar-refractivity contribution in [3.63, 3.8) is 0 Å². The number of esters is 2. The van der Waals surface area contributed by atoms with Gasteiger partial charge in [-0.25, -0.2) is 0 Å². The van der Waals surface area contributed by atoms with Gasteiger partial charge in [-0.2, -0.15) is 0 Å². The molecule has 6 atom stereocenters. The second kappa shape index (κ2) is 37.4. The van der Waals surface area contributed by atoms with Crippen LogP contribution in [-0.4, -0.2) is 89.0 Å². The molecule has 0 aromatic heterocycles. The van der Waals surface area contributed by atoms with E-state index in [1.54, 1.807) is 0 Å². The number of rotatable bonds is 35. The third-order valence-corrected chi connectivity index (χ3v) is 9.58. The summed E-state index contributed by atoms with van der Waals surface area (Å²) in [6.07, 6.45) is 39.1. The first-order valence-corrected chi connectivity index (χ1v) is 22.0. The normalized spacial score (nSPS) is 21.0. The highest BCUT2D eigenvalue weighted by Crippen LogP contribution is 2.22. The van der Waals surface area contributed by atoms with E-state index in [1.165, 1.54) is 57.8 Å². The summed E-state index contributed by atoms with van der Waals surface area (Å²) >= 11 is 0. The Morgan fingerprint density at radius 1 is 0.561 bits per heavy atom. The van der Waals surface area contributed by atoms with Gasteiger partial charge in [0.25, 0.3) is 0 Å². The number of hydrogen-bond donors (Lipinski definition) is 4. The maximum absolute atomic E-state index is 12.7. The van der Waals surface area contributed by atoms with E-state index in [-0.39, 0.29) is 26.1 Å². The second-order valence-electron chi connectivity index (χ2n) is 14.8. The van der Waals surface area contributed by atoms with Crippen molar-refractivity contribution in [1.29, 1.82) is 0 Å². The molecule has 326 valence electrons. The molecule has 0 amide bonds. The Hall–Kier alpha value is -2.86. The average molecular weight is 803 g/mol. The van der Waals surface area contributed by atoms with E-state index < -0.39 is 55.4 Å². The molecule has 0 saturated carbocycles. The fourth-order valence-corrected chi connectivity index (χ4v) is 6.09. The van der Waals surface area contributed by atoms with Crippen LogP contribution >= 0.6 is 0 Å². The molecule has 1 aliphatic rings. The molecule has 57 heavy (non-hydrogen) atoms. The third kappa shape index (κ3) is 29.1. The number of ether oxygens (including phenoxy) is 4. The lowest BCUT2D eigenvalue weighted by Gasteiger charge is -2.39. The van der Waals surface area contributed by atoms with Crippen LogP contribution in [0.25, 0.3) is 0 Å². The van der Waals surface area contributed by atoms with Gasteiger partial charge in [0.1, 0.15) is 31.0 Å². The quantitative estimate of drug-likeness (QED) is 0.0277. The van der Waals surface area contributed by atoms with Gasteiger partial charge in [0.2, 0.25) is 0 Å². The van der Waals surface area contributed by atoms with E-state index >= 15 is 0 Å². The van der Waals surface area contributed by atoms with E-state index in [9.17, 15) is 30.0 Å².